The van der Waals surface area contributed by atoms with Crippen molar-refractivity contribution in [1.29, 1.82) is 0 Å². The quantitative estimate of drug-likeness (QED) is 0.731. The van der Waals surface area contributed by atoms with E-state index in [1.165, 1.54) is 25.9 Å². The van der Waals surface area contributed by atoms with Gasteiger partial charge in [0.15, 0.2) is 0 Å². The minimum Gasteiger partial charge on any atom is -0.465 e. The van der Waals surface area contributed by atoms with Crippen LogP contribution in [0.1, 0.15) is 33.6 Å². The summed E-state index contributed by atoms with van der Waals surface area (Å²) in [6.07, 6.45) is 2.51. The van der Waals surface area contributed by atoms with Crippen molar-refractivity contribution < 1.29 is 9.53 Å². The molecule has 1 aliphatic heterocycles. The van der Waals surface area contributed by atoms with E-state index in [0.717, 1.165) is 12.5 Å². The maximum absolute atomic E-state index is 11.3. The maximum atomic E-state index is 11.3. The van der Waals surface area contributed by atoms with Gasteiger partial charge in [-0.1, -0.05) is 13.8 Å². The van der Waals surface area contributed by atoms with Gasteiger partial charge < -0.3 is 15.0 Å². The molecule has 0 spiro atoms. The third-order valence-electron chi connectivity index (χ3n) is 3.98. The summed E-state index contributed by atoms with van der Waals surface area (Å²) in [6, 6.07) is 0. The van der Waals surface area contributed by atoms with Crippen molar-refractivity contribution in [3.8, 4) is 0 Å². The Kier molecular flexibility index (Phi) is 6.09. The zero-order chi connectivity index (χ0) is 13.6. The molecule has 0 atom stereocenters. The lowest BCUT2D eigenvalue weighted by Crippen LogP contribution is -2.42. The van der Waals surface area contributed by atoms with E-state index in [-0.39, 0.29) is 11.4 Å². The third kappa shape index (κ3) is 4.94. The number of rotatable bonds is 6. The van der Waals surface area contributed by atoms with Crippen molar-refractivity contribution >= 4 is 5.97 Å². The van der Waals surface area contributed by atoms with Crippen molar-refractivity contribution in [2.75, 3.05) is 39.8 Å². The van der Waals surface area contributed by atoms with Crippen LogP contribution >= 0.6 is 0 Å². The first kappa shape index (κ1) is 15.4. The van der Waals surface area contributed by atoms with Crippen LogP contribution in [0.5, 0.6) is 0 Å². The molecule has 0 aliphatic carbocycles. The molecule has 1 aliphatic rings. The van der Waals surface area contributed by atoms with Crippen molar-refractivity contribution in [3.05, 3.63) is 0 Å². The normalized spacial score (nSPS) is 18.9. The van der Waals surface area contributed by atoms with Gasteiger partial charge in [0, 0.05) is 6.54 Å². The molecule has 1 N–H and O–H groups in total. The number of ether oxygens (including phenoxy) is 1. The van der Waals surface area contributed by atoms with E-state index in [2.05, 4.69) is 31.1 Å². The van der Waals surface area contributed by atoms with Crippen LogP contribution in [0.3, 0.4) is 0 Å². The summed E-state index contributed by atoms with van der Waals surface area (Å²) in [5.41, 5.74) is 0.244. The molecule has 0 aromatic heterocycles. The monoisotopic (exact) mass is 256 g/mol. The second-order valence-electron chi connectivity index (χ2n) is 5.97. The largest absolute Gasteiger partial charge is 0.465 e. The Balaban J connectivity index is 2.28. The molecular formula is C14H28N2O2. The summed E-state index contributed by atoms with van der Waals surface area (Å²) >= 11 is 0. The molecule has 0 unspecified atom stereocenters. The van der Waals surface area contributed by atoms with E-state index in [1.54, 1.807) is 0 Å². The van der Waals surface area contributed by atoms with Crippen LogP contribution in [0.25, 0.3) is 0 Å². The second kappa shape index (κ2) is 7.10. The van der Waals surface area contributed by atoms with E-state index in [0.29, 0.717) is 13.2 Å². The molecule has 1 saturated heterocycles. The average Bonchev–Trinajstić information content (AvgIpc) is 2.29. The summed E-state index contributed by atoms with van der Waals surface area (Å²) in [4.78, 5) is 13.6. The lowest BCUT2D eigenvalue weighted by atomic mass is 9.73. The summed E-state index contributed by atoms with van der Waals surface area (Å²) in [5, 5.41) is 3.23. The number of nitrogens with one attached hydrogen (secondary N) is 1. The summed E-state index contributed by atoms with van der Waals surface area (Å²) < 4.78 is 4.91. The Morgan fingerprint density at radius 2 is 2.00 bits per heavy atom. The predicted molar refractivity (Wildman–Crippen MR) is 73.5 cm³/mol. The van der Waals surface area contributed by atoms with Crippen LogP contribution in [-0.2, 0) is 9.53 Å². The van der Waals surface area contributed by atoms with Crippen LogP contribution in [0.2, 0.25) is 0 Å². The molecule has 106 valence electrons. The van der Waals surface area contributed by atoms with Crippen LogP contribution < -0.4 is 5.32 Å². The average molecular weight is 256 g/mol. The summed E-state index contributed by atoms with van der Waals surface area (Å²) in [5.74, 6) is 0.583. The lowest BCUT2D eigenvalue weighted by molar-refractivity contribution is -0.142. The molecule has 1 heterocycles. The van der Waals surface area contributed by atoms with Crippen LogP contribution in [0.4, 0.5) is 0 Å². The minimum absolute atomic E-state index is 0.156. The highest BCUT2D eigenvalue weighted by atomic mass is 16.5. The predicted octanol–water partition coefficient (Wildman–Crippen LogP) is 1.51. The second-order valence-corrected chi connectivity index (χ2v) is 5.97. The van der Waals surface area contributed by atoms with E-state index >= 15 is 0 Å². The number of hydrogen-bond donors (Lipinski definition) is 1. The van der Waals surface area contributed by atoms with Gasteiger partial charge in [0.25, 0.3) is 0 Å². The van der Waals surface area contributed by atoms with Gasteiger partial charge in [0.2, 0.25) is 0 Å². The Bertz CT molecular complexity index is 259. The fraction of sp³-hybridized carbons (Fsp3) is 0.929. The van der Waals surface area contributed by atoms with E-state index < -0.39 is 0 Å². The standard InChI is InChI=1S/C14H28N2O2/c1-5-18-13(17)10-15-11-14(2,3)12-6-8-16(4)9-7-12/h12,15H,5-11H2,1-4H3. The van der Waals surface area contributed by atoms with Gasteiger partial charge in [-0.3, -0.25) is 4.79 Å². The minimum atomic E-state index is -0.156. The number of carbonyl (C=O) groups excluding carboxylic acids is 1. The van der Waals surface area contributed by atoms with Crippen molar-refractivity contribution in [3.63, 3.8) is 0 Å². The Labute approximate surface area is 111 Å². The number of piperidine rings is 1. The van der Waals surface area contributed by atoms with E-state index in [9.17, 15) is 4.79 Å². The van der Waals surface area contributed by atoms with E-state index in [4.69, 9.17) is 4.74 Å². The topological polar surface area (TPSA) is 41.6 Å². The molecule has 0 saturated carbocycles. The van der Waals surface area contributed by atoms with Crippen LogP contribution in [0.15, 0.2) is 0 Å². The fourth-order valence-corrected chi connectivity index (χ4v) is 2.63. The molecule has 4 nitrogen and oxygen atoms in total. The van der Waals surface area contributed by atoms with Crippen LogP contribution in [-0.4, -0.2) is 50.7 Å². The van der Waals surface area contributed by atoms with E-state index in [1.807, 2.05) is 6.92 Å². The first-order chi connectivity index (χ1) is 8.45. The Hall–Kier alpha value is -0.610. The van der Waals surface area contributed by atoms with Gasteiger partial charge in [-0.25, -0.2) is 0 Å². The smallest absolute Gasteiger partial charge is 0.319 e. The molecule has 1 fully saturated rings. The van der Waals surface area contributed by atoms with Crippen molar-refractivity contribution in [2.24, 2.45) is 11.3 Å². The number of nitrogens with zero attached hydrogens (tertiary/aromatic N) is 1. The van der Waals surface area contributed by atoms with Gasteiger partial charge in [0.05, 0.1) is 13.2 Å². The van der Waals surface area contributed by atoms with Crippen LogP contribution in [0, 0.1) is 11.3 Å². The van der Waals surface area contributed by atoms with Gasteiger partial charge in [-0.05, 0) is 51.2 Å². The number of hydrogen-bond acceptors (Lipinski definition) is 4. The molecule has 1 rings (SSSR count). The van der Waals surface area contributed by atoms with Gasteiger partial charge in [-0.2, -0.15) is 0 Å². The van der Waals surface area contributed by atoms with Gasteiger partial charge in [0.1, 0.15) is 0 Å². The Morgan fingerprint density at radius 3 is 2.56 bits per heavy atom. The summed E-state index contributed by atoms with van der Waals surface area (Å²) in [6.45, 7) is 10.4. The van der Waals surface area contributed by atoms with Crippen molar-refractivity contribution in [2.45, 2.75) is 33.6 Å². The molecule has 0 aromatic rings. The zero-order valence-electron chi connectivity index (χ0n) is 12.3. The molecule has 0 aromatic carbocycles. The zero-order valence-corrected chi connectivity index (χ0v) is 12.3. The highest BCUT2D eigenvalue weighted by Gasteiger charge is 2.31. The maximum Gasteiger partial charge on any atom is 0.319 e. The number of carbonyl (C=O) groups is 1. The Morgan fingerprint density at radius 1 is 1.39 bits per heavy atom. The first-order valence-corrected chi connectivity index (χ1v) is 7.00. The molecule has 0 bridgehead atoms. The molecule has 0 amide bonds. The van der Waals surface area contributed by atoms with Crippen molar-refractivity contribution in [1.82, 2.24) is 10.2 Å². The fourth-order valence-electron chi connectivity index (χ4n) is 2.63. The summed E-state index contributed by atoms with van der Waals surface area (Å²) in [7, 11) is 2.18. The molecule has 18 heavy (non-hydrogen) atoms. The number of esters is 1. The lowest BCUT2D eigenvalue weighted by Gasteiger charge is -2.39. The highest BCUT2D eigenvalue weighted by Crippen LogP contribution is 2.33. The SMILES string of the molecule is CCOC(=O)CNCC(C)(C)C1CCN(C)CC1. The number of likely N-dealkylation sites (tertiary alicyclic amines) is 1. The first-order valence-electron chi connectivity index (χ1n) is 7.00. The molecule has 0 radical (unpaired) electrons. The van der Waals surface area contributed by atoms with Gasteiger partial charge >= 0.3 is 5.97 Å². The van der Waals surface area contributed by atoms with Gasteiger partial charge in [-0.15, -0.1) is 0 Å². The third-order valence-corrected chi connectivity index (χ3v) is 3.98. The highest BCUT2D eigenvalue weighted by molar-refractivity contribution is 5.71. The molecular weight excluding hydrogens is 228 g/mol. The molecule has 4 heteroatoms.